The summed E-state index contributed by atoms with van der Waals surface area (Å²) in [5, 5.41) is 7.93. The second-order valence-electron chi connectivity index (χ2n) is 6.83. The van der Waals surface area contributed by atoms with Crippen LogP contribution in [0.2, 0.25) is 0 Å². The van der Waals surface area contributed by atoms with Crippen LogP contribution in [0, 0.1) is 0 Å². The largest absolute Gasteiger partial charge is 0.444 e. The van der Waals surface area contributed by atoms with Gasteiger partial charge in [-0.25, -0.2) is 9.97 Å². The summed E-state index contributed by atoms with van der Waals surface area (Å²) in [5.74, 6) is 2.45. The minimum atomic E-state index is 0.00548. The SMILES string of the molecule is CC(C)(C)c1cnc(CSc2cnc(NC3CCCNC3)s2)o1. The van der Waals surface area contributed by atoms with Gasteiger partial charge in [0.05, 0.1) is 22.4 Å². The molecule has 1 aliphatic heterocycles. The van der Waals surface area contributed by atoms with E-state index < -0.39 is 0 Å². The summed E-state index contributed by atoms with van der Waals surface area (Å²) < 4.78 is 7.01. The minimum absolute atomic E-state index is 0.00548. The molecule has 3 heterocycles. The van der Waals surface area contributed by atoms with Gasteiger partial charge in [0.25, 0.3) is 0 Å². The molecule has 126 valence electrons. The number of nitrogens with one attached hydrogen (secondary N) is 2. The maximum Gasteiger partial charge on any atom is 0.204 e. The van der Waals surface area contributed by atoms with Gasteiger partial charge in [0.2, 0.25) is 5.89 Å². The van der Waals surface area contributed by atoms with E-state index in [9.17, 15) is 0 Å². The molecule has 1 aliphatic rings. The van der Waals surface area contributed by atoms with E-state index in [0.29, 0.717) is 6.04 Å². The van der Waals surface area contributed by atoms with Gasteiger partial charge in [-0.15, -0.1) is 11.8 Å². The first-order valence-corrected chi connectivity index (χ1v) is 9.82. The standard InChI is InChI=1S/C16H24N4OS2/c1-16(2,3)12-8-18-13(21-12)10-22-14-9-19-15(23-14)20-11-5-4-6-17-7-11/h8-9,11,17H,4-7,10H2,1-3H3,(H,19,20). The third-order valence-electron chi connectivity index (χ3n) is 3.74. The Bertz CT molecular complexity index is 626. The quantitative estimate of drug-likeness (QED) is 0.796. The van der Waals surface area contributed by atoms with Crippen molar-refractivity contribution in [2.45, 2.75) is 55.0 Å². The Hall–Kier alpha value is -1.05. The Morgan fingerprint density at radius 2 is 2.26 bits per heavy atom. The lowest BCUT2D eigenvalue weighted by Crippen LogP contribution is -2.38. The van der Waals surface area contributed by atoms with E-state index in [-0.39, 0.29) is 5.41 Å². The summed E-state index contributed by atoms with van der Waals surface area (Å²) in [6.07, 6.45) is 6.21. The van der Waals surface area contributed by atoms with E-state index in [1.54, 1.807) is 23.1 Å². The molecule has 7 heteroatoms. The zero-order valence-corrected chi connectivity index (χ0v) is 15.5. The van der Waals surface area contributed by atoms with Gasteiger partial charge in [-0.3, -0.25) is 0 Å². The van der Waals surface area contributed by atoms with Crippen molar-refractivity contribution in [2.24, 2.45) is 0 Å². The second kappa shape index (κ2) is 7.23. The number of thiazole rings is 1. The van der Waals surface area contributed by atoms with Crippen molar-refractivity contribution >= 4 is 28.2 Å². The molecule has 1 saturated heterocycles. The van der Waals surface area contributed by atoms with Crippen molar-refractivity contribution in [1.29, 1.82) is 0 Å². The van der Waals surface area contributed by atoms with Gasteiger partial charge in [0.15, 0.2) is 5.13 Å². The Morgan fingerprint density at radius 3 is 2.96 bits per heavy atom. The fraction of sp³-hybridized carbons (Fsp3) is 0.625. The van der Waals surface area contributed by atoms with Crippen molar-refractivity contribution in [3.63, 3.8) is 0 Å². The number of rotatable bonds is 5. The number of thioether (sulfide) groups is 1. The van der Waals surface area contributed by atoms with E-state index >= 15 is 0 Å². The fourth-order valence-corrected chi connectivity index (χ4v) is 4.20. The highest BCUT2D eigenvalue weighted by molar-refractivity contribution is 8.00. The molecule has 0 radical (unpaired) electrons. The summed E-state index contributed by atoms with van der Waals surface area (Å²) >= 11 is 3.43. The molecule has 0 aromatic carbocycles. The molecular weight excluding hydrogens is 328 g/mol. The van der Waals surface area contributed by atoms with Crippen molar-refractivity contribution in [3.05, 3.63) is 24.0 Å². The molecule has 23 heavy (non-hydrogen) atoms. The van der Waals surface area contributed by atoms with E-state index in [4.69, 9.17) is 4.42 Å². The number of aromatic nitrogens is 2. The summed E-state index contributed by atoms with van der Waals surface area (Å²) in [5.41, 5.74) is 0.00548. The van der Waals surface area contributed by atoms with Crippen LogP contribution in [0.4, 0.5) is 5.13 Å². The molecule has 0 amide bonds. The number of hydrogen-bond acceptors (Lipinski definition) is 7. The highest BCUT2D eigenvalue weighted by Gasteiger charge is 2.19. The Kier molecular flexibility index (Phi) is 5.28. The van der Waals surface area contributed by atoms with E-state index in [2.05, 4.69) is 41.4 Å². The normalized spacial score (nSPS) is 19.0. The second-order valence-corrected chi connectivity index (χ2v) is 9.14. The number of hydrogen-bond donors (Lipinski definition) is 2. The number of oxazole rings is 1. The molecule has 2 aromatic heterocycles. The van der Waals surface area contributed by atoms with Crippen LogP contribution in [-0.2, 0) is 11.2 Å². The van der Waals surface area contributed by atoms with Crippen LogP contribution in [0.25, 0.3) is 0 Å². The Morgan fingerprint density at radius 1 is 1.39 bits per heavy atom. The molecule has 1 unspecified atom stereocenters. The lowest BCUT2D eigenvalue weighted by atomic mass is 9.94. The average molecular weight is 353 g/mol. The van der Waals surface area contributed by atoms with Gasteiger partial charge in [-0.05, 0) is 19.4 Å². The maximum atomic E-state index is 5.83. The molecular formula is C16H24N4OS2. The number of piperidine rings is 1. The minimum Gasteiger partial charge on any atom is -0.444 e. The molecule has 0 saturated carbocycles. The topological polar surface area (TPSA) is 63.0 Å². The van der Waals surface area contributed by atoms with Crippen molar-refractivity contribution in [3.8, 4) is 0 Å². The zero-order valence-electron chi connectivity index (χ0n) is 13.9. The predicted octanol–water partition coefficient (Wildman–Crippen LogP) is 3.88. The van der Waals surface area contributed by atoms with Crippen LogP contribution in [0.5, 0.6) is 0 Å². The molecule has 3 rings (SSSR count). The van der Waals surface area contributed by atoms with Crippen LogP contribution in [0.15, 0.2) is 21.0 Å². The first-order valence-electron chi connectivity index (χ1n) is 8.02. The van der Waals surface area contributed by atoms with Gasteiger partial charge in [-0.2, -0.15) is 0 Å². The van der Waals surface area contributed by atoms with Crippen molar-refractivity contribution < 1.29 is 4.42 Å². The molecule has 2 N–H and O–H groups in total. The highest BCUT2D eigenvalue weighted by Crippen LogP contribution is 2.32. The third kappa shape index (κ3) is 4.71. The van der Waals surface area contributed by atoms with Gasteiger partial charge >= 0.3 is 0 Å². The zero-order chi connectivity index (χ0) is 16.3. The van der Waals surface area contributed by atoms with Crippen LogP contribution < -0.4 is 10.6 Å². The summed E-state index contributed by atoms with van der Waals surface area (Å²) in [6.45, 7) is 8.54. The summed E-state index contributed by atoms with van der Waals surface area (Å²) in [4.78, 5) is 8.85. The fourth-order valence-electron chi connectivity index (χ4n) is 2.40. The van der Waals surface area contributed by atoms with Crippen LogP contribution in [-0.4, -0.2) is 29.1 Å². The molecule has 2 aromatic rings. The lowest BCUT2D eigenvalue weighted by molar-refractivity contribution is 0.391. The summed E-state index contributed by atoms with van der Waals surface area (Å²) in [7, 11) is 0. The molecule has 0 aliphatic carbocycles. The molecule has 0 bridgehead atoms. The highest BCUT2D eigenvalue weighted by atomic mass is 32.2. The Labute approximate surface area is 145 Å². The van der Waals surface area contributed by atoms with Gasteiger partial charge in [-0.1, -0.05) is 32.1 Å². The third-order valence-corrected chi connectivity index (χ3v) is 5.85. The number of nitrogens with zero attached hydrogens (tertiary/aromatic N) is 2. The van der Waals surface area contributed by atoms with Crippen molar-refractivity contribution in [2.75, 3.05) is 18.4 Å². The van der Waals surface area contributed by atoms with E-state index in [1.807, 2.05) is 12.4 Å². The van der Waals surface area contributed by atoms with Gasteiger partial charge in [0.1, 0.15) is 5.76 Å². The van der Waals surface area contributed by atoms with Gasteiger partial charge in [0, 0.05) is 18.0 Å². The molecule has 1 fully saturated rings. The summed E-state index contributed by atoms with van der Waals surface area (Å²) in [6, 6.07) is 0.494. The Balaban J connectivity index is 1.51. The first kappa shape index (κ1) is 16.8. The van der Waals surface area contributed by atoms with Crippen LogP contribution in [0.3, 0.4) is 0 Å². The van der Waals surface area contributed by atoms with Crippen molar-refractivity contribution in [1.82, 2.24) is 15.3 Å². The number of anilines is 1. The molecule has 1 atom stereocenters. The first-order chi connectivity index (χ1) is 11.0. The van der Waals surface area contributed by atoms with E-state index in [1.165, 1.54) is 17.1 Å². The molecule has 5 nitrogen and oxygen atoms in total. The van der Waals surface area contributed by atoms with Gasteiger partial charge < -0.3 is 15.1 Å². The predicted molar refractivity (Wildman–Crippen MR) is 96.4 cm³/mol. The van der Waals surface area contributed by atoms with Crippen LogP contribution >= 0.6 is 23.1 Å². The maximum absolute atomic E-state index is 5.83. The average Bonchev–Trinajstić information content (AvgIpc) is 3.15. The van der Waals surface area contributed by atoms with E-state index in [0.717, 1.165) is 35.6 Å². The smallest absolute Gasteiger partial charge is 0.204 e. The van der Waals surface area contributed by atoms with Crippen LogP contribution in [0.1, 0.15) is 45.3 Å². The monoisotopic (exact) mass is 352 g/mol. The molecule has 0 spiro atoms. The lowest BCUT2D eigenvalue weighted by Gasteiger charge is -2.23.